The highest BCUT2D eigenvalue weighted by Gasteiger charge is 2.37. The molecule has 1 unspecified atom stereocenters. The number of nitrogens with two attached hydrogens (primary N) is 1. The molecule has 3 rings (SSSR count). The van der Waals surface area contributed by atoms with Gasteiger partial charge < -0.3 is 5.73 Å². The van der Waals surface area contributed by atoms with Crippen LogP contribution in [0.5, 0.6) is 0 Å². The summed E-state index contributed by atoms with van der Waals surface area (Å²) in [5.41, 5.74) is 8.79. The van der Waals surface area contributed by atoms with Gasteiger partial charge in [0.25, 0.3) is 0 Å². The van der Waals surface area contributed by atoms with E-state index in [9.17, 15) is 4.39 Å². The number of aryl methyl sites for hydroxylation is 1. The quantitative estimate of drug-likeness (QED) is 0.834. The van der Waals surface area contributed by atoms with Crippen LogP contribution in [0.4, 0.5) is 4.39 Å². The zero-order valence-electron chi connectivity index (χ0n) is 9.79. The predicted octanol–water partition coefficient (Wildman–Crippen LogP) is 3.63. The van der Waals surface area contributed by atoms with Gasteiger partial charge in [-0.05, 0) is 47.7 Å². The van der Waals surface area contributed by atoms with E-state index < -0.39 is 5.54 Å². The van der Waals surface area contributed by atoms with Crippen molar-refractivity contribution >= 4 is 11.6 Å². The molecule has 0 saturated carbocycles. The van der Waals surface area contributed by atoms with E-state index in [1.807, 2.05) is 18.2 Å². The Hall–Kier alpha value is -1.38. The average Bonchev–Trinajstić information content (AvgIpc) is 2.72. The molecule has 0 aliphatic heterocycles. The van der Waals surface area contributed by atoms with Gasteiger partial charge in [-0.3, -0.25) is 0 Å². The van der Waals surface area contributed by atoms with Gasteiger partial charge in [0, 0.05) is 5.02 Å². The van der Waals surface area contributed by atoms with Gasteiger partial charge in [0.2, 0.25) is 0 Å². The lowest BCUT2D eigenvalue weighted by Gasteiger charge is -2.27. The van der Waals surface area contributed by atoms with Crippen LogP contribution in [-0.2, 0) is 12.0 Å². The number of rotatable bonds is 1. The lowest BCUT2D eigenvalue weighted by Crippen LogP contribution is -2.35. The van der Waals surface area contributed by atoms with Crippen LogP contribution in [0.15, 0.2) is 42.5 Å². The first-order chi connectivity index (χ1) is 8.61. The van der Waals surface area contributed by atoms with Crippen molar-refractivity contribution in [3.8, 4) is 0 Å². The van der Waals surface area contributed by atoms with Gasteiger partial charge in [-0.15, -0.1) is 0 Å². The minimum Gasteiger partial charge on any atom is -0.318 e. The van der Waals surface area contributed by atoms with Gasteiger partial charge in [0.15, 0.2) is 0 Å². The highest BCUT2D eigenvalue weighted by Crippen LogP contribution is 2.42. The third kappa shape index (κ3) is 1.64. The van der Waals surface area contributed by atoms with Crippen molar-refractivity contribution < 1.29 is 4.39 Å². The van der Waals surface area contributed by atoms with Crippen LogP contribution in [0.25, 0.3) is 0 Å². The molecule has 2 aromatic rings. The minimum atomic E-state index is -0.671. The summed E-state index contributed by atoms with van der Waals surface area (Å²) in [5.74, 6) is -0.302. The topological polar surface area (TPSA) is 26.0 Å². The lowest BCUT2D eigenvalue weighted by molar-refractivity contribution is 0.527. The van der Waals surface area contributed by atoms with Crippen molar-refractivity contribution in [3.63, 3.8) is 0 Å². The van der Waals surface area contributed by atoms with Gasteiger partial charge in [-0.25, -0.2) is 4.39 Å². The first-order valence-electron chi connectivity index (χ1n) is 5.94. The number of fused-ring (bicyclic) bond motifs is 1. The molecule has 0 spiro atoms. The SMILES string of the molecule is NC1(c2cc(F)ccc2Cl)CCc2ccccc21. The molecule has 3 heteroatoms. The van der Waals surface area contributed by atoms with Gasteiger partial charge in [0.05, 0.1) is 5.54 Å². The molecule has 92 valence electrons. The summed E-state index contributed by atoms with van der Waals surface area (Å²) in [6.07, 6.45) is 1.66. The first-order valence-corrected chi connectivity index (χ1v) is 6.32. The van der Waals surface area contributed by atoms with E-state index in [1.54, 1.807) is 6.07 Å². The Balaban J connectivity index is 2.20. The Kier molecular flexibility index (Phi) is 2.65. The van der Waals surface area contributed by atoms with Gasteiger partial charge in [-0.1, -0.05) is 35.9 Å². The van der Waals surface area contributed by atoms with Crippen LogP contribution in [-0.4, -0.2) is 0 Å². The molecule has 2 aromatic carbocycles. The molecule has 0 saturated heterocycles. The normalized spacial score (nSPS) is 21.9. The minimum absolute atomic E-state index is 0.302. The molecule has 1 aliphatic carbocycles. The number of hydrogen-bond acceptors (Lipinski definition) is 1. The van der Waals surface area contributed by atoms with Crippen LogP contribution in [0.2, 0.25) is 5.02 Å². The Morgan fingerprint density at radius 3 is 2.72 bits per heavy atom. The zero-order chi connectivity index (χ0) is 12.8. The highest BCUT2D eigenvalue weighted by molar-refractivity contribution is 6.31. The smallest absolute Gasteiger partial charge is 0.123 e. The maximum atomic E-state index is 13.4. The molecule has 1 atom stereocenters. The largest absolute Gasteiger partial charge is 0.318 e. The molecule has 2 N–H and O–H groups in total. The Morgan fingerprint density at radius 1 is 1.11 bits per heavy atom. The van der Waals surface area contributed by atoms with E-state index in [0.29, 0.717) is 10.6 Å². The predicted molar refractivity (Wildman–Crippen MR) is 71.1 cm³/mol. The van der Waals surface area contributed by atoms with E-state index in [4.69, 9.17) is 17.3 Å². The number of hydrogen-bond donors (Lipinski definition) is 1. The summed E-state index contributed by atoms with van der Waals surface area (Å²) < 4.78 is 13.4. The van der Waals surface area contributed by atoms with Crippen LogP contribution >= 0.6 is 11.6 Å². The molecule has 0 fully saturated rings. The van der Waals surface area contributed by atoms with Crippen molar-refractivity contribution in [2.75, 3.05) is 0 Å². The summed E-state index contributed by atoms with van der Waals surface area (Å²) in [5, 5.41) is 0.524. The number of halogens is 2. The number of benzene rings is 2. The van der Waals surface area contributed by atoms with Gasteiger partial charge in [0.1, 0.15) is 5.82 Å². The second-order valence-corrected chi connectivity index (χ2v) is 5.16. The molecule has 1 aliphatic rings. The molecule has 0 aromatic heterocycles. The molecule has 0 bridgehead atoms. The maximum Gasteiger partial charge on any atom is 0.123 e. The van der Waals surface area contributed by atoms with Crippen molar-refractivity contribution in [2.45, 2.75) is 18.4 Å². The van der Waals surface area contributed by atoms with Crippen LogP contribution < -0.4 is 5.73 Å². The second-order valence-electron chi connectivity index (χ2n) is 4.75. The summed E-state index contributed by atoms with van der Waals surface area (Å²) in [6, 6.07) is 12.4. The van der Waals surface area contributed by atoms with Crippen LogP contribution in [0.3, 0.4) is 0 Å². The third-order valence-corrected chi connectivity index (χ3v) is 4.03. The molecular formula is C15H13ClFN. The maximum absolute atomic E-state index is 13.4. The van der Waals surface area contributed by atoms with Crippen molar-refractivity contribution in [2.24, 2.45) is 5.73 Å². The van der Waals surface area contributed by atoms with Gasteiger partial charge >= 0.3 is 0 Å². The molecular weight excluding hydrogens is 249 g/mol. The molecule has 0 radical (unpaired) electrons. The molecule has 18 heavy (non-hydrogen) atoms. The molecule has 0 amide bonds. The standard InChI is InChI=1S/C15H13ClFN/c16-14-6-5-11(17)9-13(14)15(18)8-7-10-3-1-2-4-12(10)15/h1-6,9H,7-8,18H2. The lowest BCUT2D eigenvalue weighted by atomic mass is 9.85. The summed E-state index contributed by atoms with van der Waals surface area (Å²) in [6.45, 7) is 0. The first kappa shape index (κ1) is 11.7. The van der Waals surface area contributed by atoms with Crippen LogP contribution in [0, 0.1) is 5.82 Å². The van der Waals surface area contributed by atoms with E-state index in [0.717, 1.165) is 18.4 Å². The van der Waals surface area contributed by atoms with E-state index in [2.05, 4.69) is 6.07 Å². The highest BCUT2D eigenvalue weighted by atomic mass is 35.5. The Morgan fingerprint density at radius 2 is 1.89 bits per heavy atom. The third-order valence-electron chi connectivity index (χ3n) is 3.70. The van der Waals surface area contributed by atoms with E-state index in [-0.39, 0.29) is 5.82 Å². The van der Waals surface area contributed by atoms with E-state index in [1.165, 1.54) is 17.7 Å². The summed E-state index contributed by atoms with van der Waals surface area (Å²) >= 11 is 6.19. The Bertz CT molecular complexity index is 611. The van der Waals surface area contributed by atoms with Crippen LogP contribution in [0.1, 0.15) is 23.1 Å². The monoisotopic (exact) mass is 261 g/mol. The Labute approximate surface area is 110 Å². The fraction of sp³-hybridized carbons (Fsp3) is 0.200. The van der Waals surface area contributed by atoms with Crippen molar-refractivity contribution in [1.29, 1.82) is 0 Å². The fourth-order valence-electron chi connectivity index (χ4n) is 2.76. The fourth-order valence-corrected chi connectivity index (χ4v) is 3.05. The zero-order valence-corrected chi connectivity index (χ0v) is 10.5. The van der Waals surface area contributed by atoms with Crippen molar-refractivity contribution in [1.82, 2.24) is 0 Å². The second kappa shape index (κ2) is 4.08. The van der Waals surface area contributed by atoms with Gasteiger partial charge in [-0.2, -0.15) is 0 Å². The van der Waals surface area contributed by atoms with Crippen molar-refractivity contribution in [3.05, 3.63) is 70.0 Å². The summed E-state index contributed by atoms with van der Waals surface area (Å²) in [4.78, 5) is 0. The molecule has 1 nitrogen and oxygen atoms in total. The average molecular weight is 262 g/mol. The summed E-state index contributed by atoms with van der Waals surface area (Å²) in [7, 11) is 0. The molecule has 0 heterocycles. The van der Waals surface area contributed by atoms with E-state index >= 15 is 0 Å².